The first-order valence-corrected chi connectivity index (χ1v) is 6.31. The second-order valence-electron chi connectivity index (χ2n) is 4.00. The first kappa shape index (κ1) is 13.2. The maximum Gasteiger partial charge on any atom is 0.134 e. The summed E-state index contributed by atoms with van der Waals surface area (Å²) in [4.78, 5) is 10.5. The number of hydrogen-bond acceptors (Lipinski definition) is 3. The predicted molar refractivity (Wildman–Crippen MR) is 69.0 cm³/mol. The molecular weight excluding hydrogens is 222 g/mol. The zero-order valence-corrected chi connectivity index (χ0v) is 11.0. The molecule has 0 bridgehead atoms. The van der Waals surface area contributed by atoms with E-state index in [2.05, 4.69) is 35.6 Å². The lowest BCUT2D eigenvalue weighted by molar-refractivity contribution is 0.589. The third kappa shape index (κ3) is 3.63. The fourth-order valence-electron chi connectivity index (χ4n) is 1.59. The van der Waals surface area contributed by atoms with Crippen molar-refractivity contribution >= 4 is 17.4 Å². The van der Waals surface area contributed by atoms with Crippen LogP contribution in [0.15, 0.2) is 12.4 Å². The Kier molecular flexibility index (Phi) is 5.53. The summed E-state index contributed by atoms with van der Waals surface area (Å²) in [7, 11) is 0. The van der Waals surface area contributed by atoms with Crippen molar-refractivity contribution in [1.82, 2.24) is 9.97 Å². The van der Waals surface area contributed by atoms with Crippen LogP contribution in [0.25, 0.3) is 0 Å². The number of hydrogen-bond donors (Lipinski definition) is 0. The fraction of sp³-hybridized carbons (Fsp3) is 0.667. The van der Waals surface area contributed by atoms with Crippen molar-refractivity contribution in [2.75, 3.05) is 11.4 Å². The van der Waals surface area contributed by atoms with Crippen molar-refractivity contribution in [3.05, 3.63) is 17.5 Å². The number of aromatic nitrogens is 2. The van der Waals surface area contributed by atoms with Gasteiger partial charge >= 0.3 is 0 Å². The van der Waals surface area contributed by atoms with Gasteiger partial charge in [0.25, 0.3) is 0 Å². The van der Waals surface area contributed by atoms with Gasteiger partial charge in [-0.25, -0.2) is 9.97 Å². The Morgan fingerprint density at radius 3 is 2.69 bits per heavy atom. The van der Waals surface area contributed by atoms with Crippen LogP contribution in [0.5, 0.6) is 0 Å². The van der Waals surface area contributed by atoms with Crippen LogP contribution in [0.2, 0.25) is 5.15 Å². The summed E-state index contributed by atoms with van der Waals surface area (Å²) in [6, 6.07) is 2.32. The van der Waals surface area contributed by atoms with Crippen molar-refractivity contribution in [3.63, 3.8) is 0 Å². The molecule has 1 atom stereocenters. The zero-order valence-electron chi connectivity index (χ0n) is 10.3. The summed E-state index contributed by atoms with van der Waals surface area (Å²) in [5.41, 5.74) is 0. The van der Waals surface area contributed by atoms with E-state index in [-0.39, 0.29) is 0 Å². The van der Waals surface area contributed by atoms with Gasteiger partial charge in [-0.15, -0.1) is 0 Å². The van der Waals surface area contributed by atoms with Gasteiger partial charge in [0.1, 0.15) is 17.3 Å². The van der Waals surface area contributed by atoms with Gasteiger partial charge in [-0.3, -0.25) is 0 Å². The molecule has 0 N–H and O–H groups in total. The van der Waals surface area contributed by atoms with Gasteiger partial charge < -0.3 is 4.90 Å². The van der Waals surface area contributed by atoms with Crippen molar-refractivity contribution in [2.45, 2.75) is 46.1 Å². The van der Waals surface area contributed by atoms with Gasteiger partial charge in [-0.1, -0.05) is 31.9 Å². The lowest BCUT2D eigenvalue weighted by Crippen LogP contribution is -2.34. The van der Waals surface area contributed by atoms with E-state index < -0.39 is 0 Å². The molecule has 0 radical (unpaired) electrons. The van der Waals surface area contributed by atoms with E-state index in [9.17, 15) is 0 Å². The monoisotopic (exact) mass is 241 g/mol. The Morgan fingerprint density at radius 2 is 2.12 bits per heavy atom. The van der Waals surface area contributed by atoms with E-state index in [1.165, 1.54) is 19.2 Å². The molecule has 1 aromatic heterocycles. The second-order valence-corrected chi connectivity index (χ2v) is 4.39. The Hall–Kier alpha value is -0.830. The topological polar surface area (TPSA) is 29.0 Å². The lowest BCUT2D eigenvalue weighted by Gasteiger charge is -2.29. The Morgan fingerprint density at radius 1 is 1.38 bits per heavy atom. The van der Waals surface area contributed by atoms with E-state index in [0.717, 1.165) is 18.8 Å². The molecule has 3 nitrogen and oxygen atoms in total. The molecule has 90 valence electrons. The minimum atomic E-state index is 0.484. The molecule has 0 spiro atoms. The summed E-state index contributed by atoms with van der Waals surface area (Å²) in [6.45, 7) is 7.62. The summed E-state index contributed by atoms with van der Waals surface area (Å²) in [5.74, 6) is 0.933. The van der Waals surface area contributed by atoms with Gasteiger partial charge in [0.15, 0.2) is 0 Å². The van der Waals surface area contributed by atoms with Gasteiger partial charge in [-0.2, -0.15) is 0 Å². The Balaban J connectivity index is 2.82. The molecule has 0 aliphatic heterocycles. The van der Waals surface area contributed by atoms with Crippen LogP contribution in [-0.2, 0) is 0 Å². The lowest BCUT2D eigenvalue weighted by atomic mass is 10.2. The average Bonchev–Trinajstić information content (AvgIpc) is 2.29. The SMILES string of the molecule is CCCCN(c1cc(Cl)ncn1)C(C)CC. The van der Waals surface area contributed by atoms with Crippen molar-refractivity contribution in [3.8, 4) is 0 Å². The largest absolute Gasteiger partial charge is 0.354 e. The minimum Gasteiger partial charge on any atom is -0.354 e. The average molecular weight is 242 g/mol. The minimum absolute atomic E-state index is 0.484. The molecule has 1 unspecified atom stereocenters. The molecule has 0 saturated heterocycles. The standard InChI is InChI=1S/C12H20ClN3/c1-4-6-7-16(10(3)5-2)12-8-11(13)14-9-15-12/h8-10H,4-7H2,1-3H3. The van der Waals surface area contributed by atoms with E-state index >= 15 is 0 Å². The summed E-state index contributed by atoms with van der Waals surface area (Å²) in [5, 5.41) is 0.509. The normalized spacial score (nSPS) is 12.5. The molecule has 1 aromatic rings. The number of nitrogens with zero attached hydrogens (tertiary/aromatic N) is 3. The third-order valence-corrected chi connectivity index (χ3v) is 3.00. The summed E-state index contributed by atoms with van der Waals surface area (Å²) < 4.78 is 0. The zero-order chi connectivity index (χ0) is 12.0. The molecule has 1 heterocycles. The van der Waals surface area contributed by atoms with E-state index in [4.69, 9.17) is 11.6 Å². The maximum absolute atomic E-state index is 5.89. The summed E-state index contributed by atoms with van der Waals surface area (Å²) in [6.07, 6.45) is 4.99. The Labute approximate surface area is 103 Å². The number of unbranched alkanes of at least 4 members (excludes halogenated alkanes) is 1. The van der Waals surface area contributed by atoms with Gasteiger partial charge in [0.05, 0.1) is 0 Å². The molecule has 0 amide bonds. The first-order chi connectivity index (χ1) is 7.69. The molecule has 0 aliphatic carbocycles. The highest BCUT2D eigenvalue weighted by Crippen LogP contribution is 2.18. The molecule has 4 heteroatoms. The molecule has 0 saturated carbocycles. The Bertz CT molecular complexity index is 317. The predicted octanol–water partition coefficient (Wildman–Crippen LogP) is 3.54. The maximum atomic E-state index is 5.89. The van der Waals surface area contributed by atoms with Crippen LogP contribution in [-0.4, -0.2) is 22.6 Å². The van der Waals surface area contributed by atoms with Crippen molar-refractivity contribution in [2.24, 2.45) is 0 Å². The highest BCUT2D eigenvalue weighted by molar-refractivity contribution is 6.29. The second kappa shape index (κ2) is 6.69. The van der Waals surface area contributed by atoms with Crippen LogP contribution in [0.1, 0.15) is 40.0 Å². The molecule has 1 rings (SSSR count). The summed E-state index contributed by atoms with van der Waals surface area (Å²) >= 11 is 5.89. The van der Waals surface area contributed by atoms with Crippen molar-refractivity contribution in [1.29, 1.82) is 0 Å². The van der Waals surface area contributed by atoms with Crippen molar-refractivity contribution < 1.29 is 0 Å². The molecular formula is C12H20ClN3. The number of rotatable bonds is 6. The smallest absolute Gasteiger partial charge is 0.134 e. The molecule has 0 fully saturated rings. The molecule has 0 aromatic carbocycles. The van der Waals surface area contributed by atoms with Gasteiger partial charge in [0.2, 0.25) is 0 Å². The van der Waals surface area contributed by atoms with E-state index in [1.807, 2.05) is 6.07 Å². The van der Waals surface area contributed by atoms with E-state index in [1.54, 1.807) is 0 Å². The van der Waals surface area contributed by atoms with Gasteiger partial charge in [0, 0.05) is 18.7 Å². The van der Waals surface area contributed by atoms with Crippen LogP contribution in [0, 0.1) is 0 Å². The quantitative estimate of drug-likeness (QED) is 0.714. The molecule has 0 aliphatic rings. The van der Waals surface area contributed by atoms with Crippen LogP contribution in [0.3, 0.4) is 0 Å². The third-order valence-electron chi connectivity index (χ3n) is 2.79. The van der Waals surface area contributed by atoms with Gasteiger partial charge in [-0.05, 0) is 19.8 Å². The number of halogens is 1. The number of anilines is 1. The highest BCUT2D eigenvalue weighted by atomic mass is 35.5. The van der Waals surface area contributed by atoms with Crippen LogP contribution >= 0.6 is 11.6 Å². The first-order valence-electron chi connectivity index (χ1n) is 5.93. The molecule has 16 heavy (non-hydrogen) atoms. The highest BCUT2D eigenvalue weighted by Gasteiger charge is 2.13. The van der Waals surface area contributed by atoms with Crippen LogP contribution in [0.4, 0.5) is 5.82 Å². The fourth-order valence-corrected chi connectivity index (χ4v) is 1.73. The van der Waals surface area contributed by atoms with Crippen LogP contribution < -0.4 is 4.90 Å². The van der Waals surface area contributed by atoms with E-state index in [0.29, 0.717) is 11.2 Å².